The minimum atomic E-state index is 0.484. The van der Waals surface area contributed by atoms with Gasteiger partial charge in [-0.3, -0.25) is 4.90 Å². The summed E-state index contributed by atoms with van der Waals surface area (Å²) >= 11 is 0. The summed E-state index contributed by atoms with van der Waals surface area (Å²) in [5, 5.41) is 0. The maximum atomic E-state index is 4.47. The highest BCUT2D eigenvalue weighted by molar-refractivity contribution is 5.45. The second kappa shape index (κ2) is 10.4. The van der Waals surface area contributed by atoms with Crippen LogP contribution in [-0.4, -0.2) is 42.0 Å². The third-order valence-corrected chi connectivity index (χ3v) is 9.38. The van der Waals surface area contributed by atoms with Crippen LogP contribution in [0.5, 0.6) is 0 Å². The van der Waals surface area contributed by atoms with Gasteiger partial charge in [-0.2, -0.15) is 0 Å². The third kappa shape index (κ3) is 5.76. The van der Waals surface area contributed by atoms with Gasteiger partial charge in [-0.15, -0.1) is 6.58 Å². The quantitative estimate of drug-likeness (QED) is 0.301. The van der Waals surface area contributed by atoms with Gasteiger partial charge in [0.05, 0.1) is 6.04 Å². The fraction of sp³-hybridized carbons (Fsp3) is 0.677. The summed E-state index contributed by atoms with van der Waals surface area (Å²) in [5.74, 6) is 2.32. The zero-order valence-electron chi connectivity index (χ0n) is 21.9. The predicted octanol–water partition coefficient (Wildman–Crippen LogP) is 7.53. The van der Waals surface area contributed by atoms with E-state index >= 15 is 0 Å². The maximum Gasteiger partial charge on any atom is 0.0573 e. The van der Waals surface area contributed by atoms with Crippen LogP contribution in [0.2, 0.25) is 0 Å². The molecule has 4 unspecified atom stereocenters. The first-order valence-electron chi connectivity index (χ1n) is 13.7. The summed E-state index contributed by atoms with van der Waals surface area (Å²) in [5.41, 5.74) is 4.77. The van der Waals surface area contributed by atoms with E-state index in [1.54, 1.807) is 0 Å². The molecule has 33 heavy (non-hydrogen) atoms. The number of piperidine rings is 1. The molecular formula is C31H48N2. The highest BCUT2D eigenvalue weighted by Gasteiger charge is 2.40. The molecule has 2 aliphatic carbocycles. The molecule has 2 fully saturated rings. The van der Waals surface area contributed by atoms with Crippen LogP contribution in [0.4, 0.5) is 0 Å². The Morgan fingerprint density at radius 3 is 2.64 bits per heavy atom. The van der Waals surface area contributed by atoms with Crippen molar-refractivity contribution in [3.63, 3.8) is 0 Å². The van der Waals surface area contributed by atoms with Crippen LogP contribution in [0.3, 0.4) is 0 Å². The summed E-state index contributed by atoms with van der Waals surface area (Å²) in [7, 11) is 2.20. The molecule has 2 heteroatoms. The Bertz CT molecular complexity index is 803. The Balaban J connectivity index is 1.21. The minimum absolute atomic E-state index is 0.484. The van der Waals surface area contributed by atoms with Gasteiger partial charge < -0.3 is 4.90 Å². The lowest BCUT2D eigenvalue weighted by Crippen LogP contribution is -2.42. The highest BCUT2D eigenvalue weighted by atomic mass is 15.2. The fourth-order valence-electron chi connectivity index (χ4n) is 6.69. The molecule has 0 aromatic rings. The number of rotatable bonds is 11. The molecule has 4 atom stereocenters. The molecule has 0 N–H and O–H groups in total. The van der Waals surface area contributed by atoms with Crippen molar-refractivity contribution in [1.82, 2.24) is 9.80 Å². The molecule has 0 amide bonds. The standard InChI is InChI=1S/C31H48N2/c1-7-25(26-14-18-33(19-15-26)28(8-2)21-31(5)16-17-31)11-9-10-23(3)27-12-13-29-24(4)22-32(6)30(29)20-27/h8,12-13,20,22,25-26,28-30H,2-3,7,9-11,14-19,21H2,1,4-6H3. The van der Waals surface area contributed by atoms with Crippen LogP contribution >= 0.6 is 0 Å². The van der Waals surface area contributed by atoms with E-state index in [-0.39, 0.29) is 0 Å². The Morgan fingerprint density at radius 1 is 1.27 bits per heavy atom. The number of allylic oxidation sites excluding steroid dienone is 3. The van der Waals surface area contributed by atoms with Crippen molar-refractivity contribution in [3.05, 3.63) is 60.4 Å². The number of hydrogen-bond donors (Lipinski definition) is 0. The zero-order chi connectivity index (χ0) is 23.6. The van der Waals surface area contributed by atoms with Crippen molar-refractivity contribution in [3.8, 4) is 0 Å². The topological polar surface area (TPSA) is 6.48 Å². The highest BCUT2D eigenvalue weighted by Crippen LogP contribution is 2.50. The molecule has 4 aliphatic rings. The maximum absolute atomic E-state index is 4.47. The Hall–Kier alpha value is -1.54. The van der Waals surface area contributed by atoms with Crippen molar-refractivity contribution < 1.29 is 0 Å². The van der Waals surface area contributed by atoms with E-state index in [0.717, 1.165) is 18.3 Å². The van der Waals surface area contributed by atoms with Gasteiger partial charge in [0.15, 0.2) is 0 Å². The van der Waals surface area contributed by atoms with Gasteiger partial charge in [0.25, 0.3) is 0 Å². The summed E-state index contributed by atoms with van der Waals surface area (Å²) in [6.45, 7) is 18.3. The smallest absolute Gasteiger partial charge is 0.0573 e. The van der Waals surface area contributed by atoms with E-state index in [2.05, 4.69) is 81.3 Å². The summed E-state index contributed by atoms with van der Waals surface area (Å²) < 4.78 is 0. The van der Waals surface area contributed by atoms with Crippen molar-refractivity contribution in [2.45, 2.75) is 90.6 Å². The van der Waals surface area contributed by atoms with Gasteiger partial charge >= 0.3 is 0 Å². The number of likely N-dealkylation sites (N-methyl/N-ethyl adjacent to an activating group) is 1. The largest absolute Gasteiger partial charge is 0.373 e. The van der Waals surface area contributed by atoms with Crippen molar-refractivity contribution in [1.29, 1.82) is 0 Å². The predicted molar refractivity (Wildman–Crippen MR) is 143 cm³/mol. The van der Waals surface area contributed by atoms with Crippen molar-refractivity contribution in [2.75, 3.05) is 20.1 Å². The molecule has 0 aromatic heterocycles. The Morgan fingerprint density at radius 2 is 2.00 bits per heavy atom. The number of hydrogen-bond acceptors (Lipinski definition) is 2. The molecule has 0 bridgehead atoms. The van der Waals surface area contributed by atoms with Gasteiger partial charge in [0.1, 0.15) is 0 Å². The van der Waals surface area contributed by atoms with Crippen LogP contribution in [0, 0.1) is 23.2 Å². The van der Waals surface area contributed by atoms with Crippen molar-refractivity contribution in [2.24, 2.45) is 23.2 Å². The molecule has 0 radical (unpaired) electrons. The fourth-order valence-corrected chi connectivity index (χ4v) is 6.69. The molecule has 4 rings (SSSR count). The van der Waals surface area contributed by atoms with Crippen LogP contribution < -0.4 is 0 Å². The van der Waals surface area contributed by atoms with Gasteiger partial charge in [0, 0.05) is 19.0 Å². The molecule has 0 spiro atoms. The number of nitrogens with zero attached hydrogens (tertiary/aromatic N) is 2. The summed E-state index contributed by atoms with van der Waals surface area (Å²) in [6, 6.07) is 1.08. The Labute approximate surface area is 204 Å². The van der Waals surface area contributed by atoms with Crippen LogP contribution in [-0.2, 0) is 0 Å². The number of fused-ring (bicyclic) bond motifs is 1. The van der Waals surface area contributed by atoms with Crippen molar-refractivity contribution >= 4 is 0 Å². The second-order valence-corrected chi connectivity index (χ2v) is 11.9. The van der Waals surface area contributed by atoms with E-state index in [9.17, 15) is 0 Å². The van der Waals surface area contributed by atoms with Gasteiger partial charge in [0.2, 0.25) is 0 Å². The zero-order valence-corrected chi connectivity index (χ0v) is 21.9. The molecule has 0 aromatic carbocycles. The van der Waals surface area contributed by atoms with E-state index in [1.807, 2.05) is 0 Å². The Kier molecular flexibility index (Phi) is 7.73. The van der Waals surface area contributed by atoms with E-state index in [1.165, 1.54) is 81.2 Å². The van der Waals surface area contributed by atoms with Gasteiger partial charge in [-0.1, -0.05) is 51.2 Å². The molecule has 1 saturated heterocycles. The monoisotopic (exact) mass is 448 g/mol. The normalized spacial score (nSPS) is 28.7. The lowest BCUT2D eigenvalue weighted by Gasteiger charge is -2.40. The first-order chi connectivity index (χ1) is 15.8. The molecule has 2 heterocycles. The lowest BCUT2D eigenvalue weighted by atomic mass is 9.79. The minimum Gasteiger partial charge on any atom is -0.373 e. The lowest BCUT2D eigenvalue weighted by molar-refractivity contribution is 0.108. The van der Waals surface area contributed by atoms with Gasteiger partial charge in [-0.05, 0) is 112 Å². The second-order valence-electron chi connectivity index (χ2n) is 11.9. The van der Waals surface area contributed by atoms with E-state index in [0.29, 0.717) is 23.4 Å². The average Bonchev–Trinajstić information content (AvgIpc) is 3.49. The third-order valence-electron chi connectivity index (χ3n) is 9.38. The van der Waals surface area contributed by atoms with Gasteiger partial charge in [-0.25, -0.2) is 0 Å². The van der Waals surface area contributed by atoms with Crippen LogP contribution in [0.15, 0.2) is 60.4 Å². The van der Waals surface area contributed by atoms with E-state index < -0.39 is 0 Å². The summed E-state index contributed by atoms with van der Waals surface area (Å²) in [6.07, 6.45) is 23.7. The van der Waals surface area contributed by atoms with Crippen LogP contribution in [0.1, 0.15) is 78.6 Å². The average molecular weight is 449 g/mol. The first kappa shape index (κ1) is 24.6. The first-order valence-corrected chi connectivity index (χ1v) is 13.7. The summed E-state index contributed by atoms with van der Waals surface area (Å²) in [4.78, 5) is 5.09. The molecule has 1 saturated carbocycles. The molecule has 2 aliphatic heterocycles. The molecule has 182 valence electrons. The molecular weight excluding hydrogens is 400 g/mol. The van der Waals surface area contributed by atoms with E-state index in [4.69, 9.17) is 0 Å². The SMILES string of the molecule is C=CC(CC1(C)CC1)N1CCC(C(CC)CCCC(=C)C2=CC3C(C=C2)C(C)=CN3C)CC1. The molecule has 2 nitrogen and oxygen atoms in total. The van der Waals surface area contributed by atoms with Crippen LogP contribution in [0.25, 0.3) is 0 Å². The number of likely N-dealkylation sites (tertiary alicyclic amines) is 1.